The van der Waals surface area contributed by atoms with Crippen molar-refractivity contribution in [2.45, 2.75) is 27.2 Å². The van der Waals surface area contributed by atoms with Crippen molar-refractivity contribution in [1.29, 1.82) is 0 Å². The minimum absolute atomic E-state index is 0.207. The van der Waals surface area contributed by atoms with Crippen molar-refractivity contribution in [3.05, 3.63) is 57.1 Å². The highest BCUT2D eigenvalue weighted by atomic mass is 16.3. The van der Waals surface area contributed by atoms with E-state index in [4.69, 9.17) is 0 Å². The molecule has 0 spiro atoms. The van der Waals surface area contributed by atoms with Gasteiger partial charge in [0.2, 0.25) is 5.78 Å². The summed E-state index contributed by atoms with van der Waals surface area (Å²) in [4.78, 5) is 52.5. The van der Waals surface area contributed by atoms with Crippen LogP contribution in [0.2, 0.25) is 0 Å². The van der Waals surface area contributed by atoms with E-state index in [0.717, 1.165) is 22.4 Å². The first-order chi connectivity index (χ1) is 13.7. The molecule has 7 nitrogen and oxygen atoms in total. The molecule has 2 amide bonds. The van der Waals surface area contributed by atoms with Crippen LogP contribution in [0.5, 0.6) is 0 Å². The average molecular weight is 395 g/mol. The highest BCUT2D eigenvalue weighted by Crippen LogP contribution is 2.37. The number of ketones is 1. The van der Waals surface area contributed by atoms with E-state index < -0.39 is 23.5 Å². The minimum atomic E-state index is -0.801. The van der Waals surface area contributed by atoms with Crippen LogP contribution in [-0.4, -0.2) is 54.1 Å². The highest BCUT2D eigenvalue weighted by Gasteiger charge is 2.36. The molecule has 2 aliphatic heterocycles. The Morgan fingerprint density at radius 1 is 1.14 bits per heavy atom. The van der Waals surface area contributed by atoms with Gasteiger partial charge in [0.25, 0.3) is 11.8 Å². The second-order valence-corrected chi connectivity index (χ2v) is 7.73. The van der Waals surface area contributed by atoms with Crippen LogP contribution in [0.1, 0.15) is 31.4 Å². The molecule has 0 N–H and O–H groups in total. The van der Waals surface area contributed by atoms with Gasteiger partial charge in [-0.1, -0.05) is 36.8 Å². The minimum Gasteiger partial charge on any atom is -0.374 e. The van der Waals surface area contributed by atoms with Crippen LogP contribution in [0.15, 0.2) is 46.3 Å². The predicted octanol–water partition coefficient (Wildman–Crippen LogP) is 2.70. The van der Waals surface area contributed by atoms with Crippen LogP contribution in [-0.2, 0) is 14.4 Å². The lowest BCUT2D eigenvalue weighted by Gasteiger charge is -2.36. The number of fused-ring (bicyclic) bond motifs is 2. The molecule has 7 heteroatoms. The van der Waals surface area contributed by atoms with Gasteiger partial charge in [0, 0.05) is 31.0 Å². The number of hydrogen-bond donors (Lipinski definition) is 0. The summed E-state index contributed by atoms with van der Waals surface area (Å²) < 4.78 is 0. The molecule has 2 heterocycles. The summed E-state index contributed by atoms with van der Waals surface area (Å²) in [6.07, 6.45) is -0.207. The molecule has 2 bridgehead atoms. The number of piperazine rings is 1. The first-order valence-corrected chi connectivity index (χ1v) is 9.65. The van der Waals surface area contributed by atoms with Gasteiger partial charge in [0.1, 0.15) is 0 Å². The lowest BCUT2D eigenvalue weighted by molar-refractivity contribution is -0.146. The number of rotatable bonds is 3. The molecule has 3 rings (SSSR count). The molecule has 0 aromatic heterocycles. The number of nitrogens with zero attached hydrogens (tertiary/aromatic N) is 3. The Kier molecular flexibility index (Phi) is 5.77. The molecule has 0 saturated carbocycles. The number of benzene rings is 1. The van der Waals surface area contributed by atoms with Crippen LogP contribution in [0.4, 0.5) is 0 Å². The molecule has 152 valence electrons. The fraction of sp³-hybridized carbons (Fsp3) is 0.409. The topological polar surface area (TPSA) is 87.1 Å². The van der Waals surface area contributed by atoms with E-state index in [1.165, 1.54) is 0 Å². The van der Waals surface area contributed by atoms with E-state index >= 15 is 0 Å². The van der Waals surface area contributed by atoms with Crippen molar-refractivity contribution in [2.75, 3.05) is 26.7 Å². The van der Waals surface area contributed by atoms with Gasteiger partial charge in [-0.05, 0) is 36.1 Å². The van der Waals surface area contributed by atoms with Crippen molar-refractivity contribution < 1.29 is 14.4 Å². The molecule has 2 aliphatic rings. The number of hydrogen-bond acceptors (Lipinski definition) is 5. The SMILES string of the molecule is CC1=C2/CN(CCN2C)C(=O)C(=O)C(C)/C(c2ccc(C)cc2)=C\1CC(=O)N=O. The molecule has 29 heavy (non-hydrogen) atoms. The first kappa shape index (κ1) is 20.6. The molecule has 1 aromatic rings. The van der Waals surface area contributed by atoms with Crippen molar-refractivity contribution in [1.82, 2.24) is 9.80 Å². The van der Waals surface area contributed by atoms with Gasteiger partial charge in [-0.3, -0.25) is 14.4 Å². The van der Waals surface area contributed by atoms with E-state index in [-0.39, 0.29) is 6.42 Å². The zero-order valence-corrected chi connectivity index (χ0v) is 17.2. The van der Waals surface area contributed by atoms with Crippen molar-refractivity contribution in [3.63, 3.8) is 0 Å². The third kappa shape index (κ3) is 3.90. The van der Waals surface area contributed by atoms with Crippen LogP contribution < -0.4 is 0 Å². The second kappa shape index (κ2) is 8.11. The number of carbonyl (C=O) groups is 3. The van der Waals surface area contributed by atoms with E-state index in [0.29, 0.717) is 30.8 Å². The molecule has 1 aromatic carbocycles. The summed E-state index contributed by atoms with van der Waals surface area (Å²) in [6, 6.07) is 7.59. The maximum atomic E-state index is 13.1. The summed E-state index contributed by atoms with van der Waals surface area (Å²) >= 11 is 0. The number of carbonyl (C=O) groups excluding carboxylic acids is 3. The third-order valence-corrected chi connectivity index (χ3v) is 5.83. The monoisotopic (exact) mass is 395 g/mol. The Labute approximate surface area is 170 Å². The van der Waals surface area contributed by atoms with E-state index in [9.17, 15) is 19.3 Å². The Morgan fingerprint density at radius 2 is 1.79 bits per heavy atom. The lowest BCUT2D eigenvalue weighted by Crippen LogP contribution is -2.49. The molecule has 1 saturated heterocycles. The van der Waals surface area contributed by atoms with E-state index in [1.54, 1.807) is 11.8 Å². The first-order valence-electron chi connectivity index (χ1n) is 9.65. The summed E-state index contributed by atoms with van der Waals surface area (Å²) in [5, 5.41) is 2.57. The fourth-order valence-corrected chi connectivity index (χ4v) is 4.04. The quantitative estimate of drug-likeness (QED) is 0.580. The zero-order chi connectivity index (χ0) is 21.3. The molecule has 1 unspecified atom stereocenters. The molecular formula is C22H25N3O4. The van der Waals surface area contributed by atoms with Gasteiger partial charge >= 0.3 is 0 Å². The molecule has 1 atom stereocenters. The molecule has 1 fully saturated rings. The van der Waals surface area contributed by atoms with E-state index in [1.807, 2.05) is 50.1 Å². The Bertz CT molecular complexity index is 943. The van der Waals surface area contributed by atoms with Gasteiger partial charge in [-0.25, -0.2) is 0 Å². The third-order valence-electron chi connectivity index (χ3n) is 5.83. The van der Waals surface area contributed by atoms with Crippen molar-refractivity contribution >= 4 is 23.2 Å². The summed E-state index contributed by atoms with van der Waals surface area (Å²) in [6.45, 7) is 6.88. The largest absolute Gasteiger partial charge is 0.374 e. The van der Waals surface area contributed by atoms with Crippen LogP contribution in [0.25, 0.3) is 5.57 Å². The van der Waals surface area contributed by atoms with Gasteiger partial charge < -0.3 is 9.80 Å². The van der Waals surface area contributed by atoms with Gasteiger partial charge in [-0.15, -0.1) is 4.91 Å². The van der Waals surface area contributed by atoms with Gasteiger partial charge in [-0.2, -0.15) is 0 Å². The molecular weight excluding hydrogens is 370 g/mol. The number of nitroso groups, excluding NO2 is 1. The standard InChI is InChI=1S/C22H25N3O4/c1-13-5-7-16(8-6-13)20-15(3)21(27)22(28)25-10-9-24(4)18(12-25)14(2)17(20)11-19(26)23-29/h5-8,15H,9-12H2,1-4H3/b18-14+,20-17+. The Balaban J connectivity index is 2.33. The van der Waals surface area contributed by atoms with Gasteiger partial charge in [0.15, 0.2) is 0 Å². The van der Waals surface area contributed by atoms with E-state index in [2.05, 4.69) is 5.18 Å². The normalized spacial score (nSPS) is 25.4. The second-order valence-electron chi connectivity index (χ2n) is 7.73. The number of likely N-dealkylation sites (N-methyl/N-ethyl adjacent to an activating group) is 1. The smallest absolute Gasteiger partial charge is 0.290 e. The van der Waals surface area contributed by atoms with Crippen molar-refractivity contribution in [3.8, 4) is 0 Å². The number of amides is 2. The highest BCUT2D eigenvalue weighted by molar-refractivity contribution is 6.39. The maximum Gasteiger partial charge on any atom is 0.290 e. The average Bonchev–Trinajstić information content (AvgIpc) is 2.74. The number of aryl methyl sites for hydroxylation is 1. The lowest BCUT2D eigenvalue weighted by atomic mass is 9.82. The zero-order valence-electron chi connectivity index (χ0n) is 17.2. The number of Topliss-reactive ketones (excluding diaryl/α,β-unsaturated/α-hetero) is 1. The van der Waals surface area contributed by atoms with Gasteiger partial charge in [0.05, 0.1) is 18.9 Å². The Morgan fingerprint density at radius 3 is 2.41 bits per heavy atom. The van der Waals surface area contributed by atoms with Crippen LogP contribution in [0, 0.1) is 17.7 Å². The maximum absolute atomic E-state index is 13.1. The Hall–Kier alpha value is -3.09. The summed E-state index contributed by atoms with van der Waals surface area (Å²) in [7, 11) is 1.92. The number of allylic oxidation sites excluding steroid dienone is 2. The predicted molar refractivity (Wildman–Crippen MR) is 110 cm³/mol. The molecule has 0 aliphatic carbocycles. The fourth-order valence-electron chi connectivity index (χ4n) is 4.04. The molecule has 0 radical (unpaired) electrons. The van der Waals surface area contributed by atoms with Crippen molar-refractivity contribution in [2.24, 2.45) is 11.1 Å². The van der Waals surface area contributed by atoms with Crippen LogP contribution in [0.3, 0.4) is 0 Å². The van der Waals surface area contributed by atoms with Crippen LogP contribution >= 0.6 is 0 Å². The summed E-state index contributed by atoms with van der Waals surface area (Å²) in [5.74, 6) is -2.57. The summed E-state index contributed by atoms with van der Waals surface area (Å²) in [5.41, 5.74) is 4.68.